The highest BCUT2D eigenvalue weighted by atomic mass is 32.2. The number of rotatable bonds is 9. The Morgan fingerprint density at radius 1 is 1.20 bits per heavy atom. The second kappa shape index (κ2) is 11.1. The number of cyclic esters (lactones) is 1. The third-order valence-corrected chi connectivity index (χ3v) is 6.05. The summed E-state index contributed by atoms with van der Waals surface area (Å²) in [5, 5.41) is 0. The van der Waals surface area contributed by atoms with Crippen molar-refractivity contribution in [3.8, 4) is 5.75 Å². The molecule has 0 saturated carbocycles. The summed E-state index contributed by atoms with van der Waals surface area (Å²) < 4.78 is 15.8. The summed E-state index contributed by atoms with van der Waals surface area (Å²) in [5.41, 5.74) is 0. The quantitative estimate of drug-likeness (QED) is 0.433. The molecule has 2 aliphatic heterocycles. The Labute approximate surface area is 180 Å². The lowest BCUT2D eigenvalue weighted by atomic mass is 10.0. The van der Waals surface area contributed by atoms with Crippen molar-refractivity contribution in [1.29, 1.82) is 0 Å². The maximum absolute atomic E-state index is 12.5. The zero-order valence-electron chi connectivity index (χ0n) is 17.2. The SMILES string of the molecule is CCOC(=O)C1COC(=O)N1C1CCN(C(=O)CSCCOc2ccccc2)CC1. The van der Waals surface area contributed by atoms with Gasteiger partial charge >= 0.3 is 12.1 Å². The summed E-state index contributed by atoms with van der Waals surface area (Å²) in [6.07, 6.45) is 0.767. The van der Waals surface area contributed by atoms with Crippen LogP contribution in [0.1, 0.15) is 19.8 Å². The van der Waals surface area contributed by atoms with Crippen LogP contribution in [0.5, 0.6) is 5.75 Å². The van der Waals surface area contributed by atoms with Crippen LogP contribution in [0.4, 0.5) is 4.79 Å². The smallest absolute Gasteiger partial charge is 0.410 e. The van der Waals surface area contributed by atoms with Crippen molar-refractivity contribution in [2.45, 2.75) is 31.8 Å². The third kappa shape index (κ3) is 5.81. The molecule has 2 amide bonds. The summed E-state index contributed by atoms with van der Waals surface area (Å²) in [5.74, 6) is 1.62. The first-order valence-electron chi connectivity index (χ1n) is 10.2. The first-order chi connectivity index (χ1) is 14.6. The van der Waals surface area contributed by atoms with Crippen LogP contribution in [0, 0.1) is 0 Å². The molecule has 3 rings (SSSR count). The van der Waals surface area contributed by atoms with Crippen LogP contribution >= 0.6 is 11.8 Å². The lowest BCUT2D eigenvalue weighted by molar-refractivity contribution is -0.148. The van der Waals surface area contributed by atoms with Crippen LogP contribution < -0.4 is 4.74 Å². The molecular formula is C21H28N2O6S. The summed E-state index contributed by atoms with van der Waals surface area (Å²) in [4.78, 5) is 40.0. The van der Waals surface area contributed by atoms with Crippen LogP contribution in [-0.2, 0) is 19.1 Å². The van der Waals surface area contributed by atoms with E-state index in [9.17, 15) is 14.4 Å². The monoisotopic (exact) mass is 436 g/mol. The fourth-order valence-corrected chi connectivity index (χ4v) is 4.34. The average molecular weight is 437 g/mol. The number of likely N-dealkylation sites (tertiary alicyclic amines) is 1. The highest BCUT2D eigenvalue weighted by Gasteiger charge is 2.44. The molecule has 1 unspecified atom stereocenters. The number of carbonyl (C=O) groups is 3. The maximum Gasteiger partial charge on any atom is 0.410 e. The highest BCUT2D eigenvalue weighted by molar-refractivity contribution is 7.99. The van der Waals surface area contributed by atoms with Crippen LogP contribution in [0.15, 0.2) is 30.3 Å². The second-order valence-electron chi connectivity index (χ2n) is 7.08. The Morgan fingerprint density at radius 2 is 1.93 bits per heavy atom. The molecule has 2 aliphatic rings. The van der Waals surface area contributed by atoms with E-state index < -0.39 is 18.1 Å². The first-order valence-corrected chi connectivity index (χ1v) is 11.4. The highest BCUT2D eigenvalue weighted by Crippen LogP contribution is 2.25. The molecule has 9 heteroatoms. The second-order valence-corrected chi connectivity index (χ2v) is 8.18. The van der Waals surface area contributed by atoms with Gasteiger partial charge in [0.25, 0.3) is 0 Å². The first kappa shape index (κ1) is 22.3. The van der Waals surface area contributed by atoms with Crippen LogP contribution in [0.2, 0.25) is 0 Å². The lowest BCUT2D eigenvalue weighted by Crippen LogP contribution is -2.52. The maximum atomic E-state index is 12.5. The predicted molar refractivity (Wildman–Crippen MR) is 112 cm³/mol. The molecule has 2 fully saturated rings. The number of esters is 1. The Balaban J connectivity index is 1.37. The number of thioether (sulfide) groups is 1. The van der Waals surface area contributed by atoms with E-state index in [1.165, 1.54) is 4.90 Å². The van der Waals surface area contributed by atoms with Gasteiger partial charge in [0, 0.05) is 24.9 Å². The normalized spacial score (nSPS) is 19.5. The lowest BCUT2D eigenvalue weighted by Gasteiger charge is -2.37. The van der Waals surface area contributed by atoms with E-state index in [4.69, 9.17) is 14.2 Å². The van der Waals surface area contributed by atoms with Gasteiger partial charge in [-0.15, -0.1) is 11.8 Å². The topological polar surface area (TPSA) is 85.4 Å². The van der Waals surface area contributed by atoms with E-state index in [0.29, 0.717) is 38.3 Å². The van der Waals surface area contributed by atoms with E-state index in [2.05, 4.69) is 0 Å². The Morgan fingerprint density at radius 3 is 2.63 bits per heavy atom. The fourth-order valence-electron chi connectivity index (χ4n) is 3.64. The van der Waals surface area contributed by atoms with E-state index in [-0.39, 0.29) is 25.2 Å². The zero-order valence-corrected chi connectivity index (χ0v) is 18.0. The molecule has 8 nitrogen and oxygen atoms in total. The number of carbonyl (C=O) groups excluding carboxylic acids is 3. The Bertz CT molecular complexity index is 723. The Kier molecular flexibility index (Phi) is 8.24. The van der Waals surface area contributed by atoms with Gasteiger partial charge in [0.05, 0.1) is 19.0 Å². The van der Waals surface area contributed by atoms with Crippen molar-refractivity contribution in [1.82, 2.24) is 9.80 Å². The predicted octanol–water partition coefficient (Wildman–Crippen LogP) is 2.17. The van der Waals surface area contributed by atoms with Gasteiger partial charge in [-0.3, -0.25) is 9.69 Å². The van der Waals surface area contributed by atoms with Gasteiger partial charge in [-0.2, -0.15) is 0 Å². The molecule has 1 aromatic rings. The van der Waals surface area contributed by atoms with E-state index >= 15 is 0 Å². The molecule has 1 atom stereocenters. The van der Waals surface area contributed by atoms with Crippen LogP contribution in [0.25, 0.3) is 0 Å². The number of hydrogen-bond acceptors (Lipinski definition) is 7. The number of piperidine rings is 1. The summed E-state index contributed by atoms with van der Waals surface area (Å²) in [7, 11) is 0. The fraction of sp³-hybridized carbons (Fsp3) is 0.571. The standard InChI is InChI=1S/C21H28N2O6S/c1-2-27-20(25)18-14-29-21(26)23(18)16-8-10-22(11-9-16)19(24)15-30-13-12-28-17-6-4-3-5-7-17/h3-7,16,18H,2,8-15H2,1H3. The van der Waals surface area contributed by atoms with Gasteiger partial charge < -0.3 is 19.1 Å². The van der Waals surface area contributed by atoms with Crippen molar-refractivity contribution in [3.63, 3.8) is 0 Å². The summed E-state index contributed by atoms with van der Waals surface area (Å²) >= 11 is 1.55. The minimum atomic E-state index is -0.690. The number of benzene rings is 1. The number of para-hydroxylation sites is 1. The molecule has 0 aliphatic carbocycles. The third-order valence-electron chi connectivity index (χ3n) is 5.15. The minimum absolute atomic E-state index is 0.0263. The largest absolute Gasteiger partial charge is 0.493 e. The summed E-state index contributed by atoms with van der Waals surface area (Å²) in [6.45, 7) is 3.69. The van der Waals surface area contributed by atoms with Gasteiger partial charge in [0.2, 0.25) is 5.91 Å². The zero-order chi connectivity index (χ0) is 21.3. The Hall–Kier alpha value is -2.42. The van der Waals surface area contributed by atoms with Crippen molar-refractivity contribution in [3.05, 3.63) is 30.3 Å². The molecule has 0 spiro atoms. The van der Waals surface area contributed by atoms with Gasteiger partial charge in [-0.25, -0.2) is 9.59 Å². The van der Waals surface area contributed by atoms with Crippen molar-refractivity contribution < 1.29 is 28.6 Å². The number of amides is 2. The molecular weight excluding hydrogens is 408 g/mol. The van der Waals surface area contributed by atoms with Gasteiger partial charge in [-0.05, 0) is 31.9 Å². The molecule has 0 bridgehead atoms. The van der Waals surface area contributed by atoms with E-state index in [0.717, 1.165) is 11.5 Å². The molecule has 1 aromatic carbocycles. The number of ether oxygens (including phenoxy) is 3. The number of hydrogen-bond donors (Lipinski definition) is 0. The average Bonchev–Trinajstić information content (AvgIpc) is 3.16. The van der Waals surface area contributed by atoms with E-state index in [1.807, 2.05) is 35.2 Å². The molecule has 2 saturated heterocycles. The summed E-state index contributed by atoms with van der Waals surface area (Å²) in [6, 6.07) is 8.78. The molecule has 164 valence electrons. The van der Waals surface area contributed by atoms with Crippen molar-refractivity contribution in [2.75, 3.05) is 44.4 Å². The van der Waals surface area contributed by atoms with Gasteiger partial charge in [0.1, 0.15) is 12.4 Å². The van der Waals surface area contributed by atoms with Gasteiger partial charge in [-0.1, -0.05) is 18.2 Å². The molecule has 30 heavy (non-hydrogen) atoms. The van der Waals surface area contributed by atoms with Crippen molar-refractivity contribution >= 4 is 29.7 Å². The van der Waals surface area contributed by atoms with Crippen molar-refractivity contribution in [2.24, 2.45) is 0 Å². The van der Waals surface area contributed by atoms with Crippen LogP contribution in [0.3, 0.4) is 0 Å². The van der Waals surface area contributed by atoms with E-state index in [1.54, 1.807) is 18.7 Å². The van der Waals surface area contributed by atoms with Gasteiger partial charge in [0.15, 0.2) is 6.04 Å². The molecule has 0 aromatic heterocycles. The molecule has 0 N–H and O–H groups in total. The number of nitrogens with zero attached hydrogens (tertiary/aromatic N) is 2. The molecule has 0 radical (unpaired) electrons. The van der Waals surface area contributed by atoms with Crippen LogP contribution in [-0.4, -0.2) is 84.3 Å². The minimum Gasteiger partial charge on any atom is -0.493 e. The molecule has 2 heterocycles.